The first-order valence-corrected chi connectivity index (χ1v) is 14.9. The molecule has 11 heteroatoms. The number of anilines is 1. The highest BCUT2D eigenvalue weighted by atomic mass is 32.2. The number of hydrogen-bond donors (Lipinski definition) is 2. The van der Waals surface area contributed by atoms with Crippen molar-refractivity contribution in [3.63, 3.8) is 0 Å². The number of rotatable bonds is 9. The maximum absolute atomic E-state index is 13.3. The first-order valence-electron chi connectivity index (χ1n) is 12.1. The van der Waals surface area contributed by atoms with Crippen molar-refractivity contribution in [1.29, 1.82) is 0 Å². The minimum absolute atomic E-state index is 0.0272. The van der Waals surface area contributed by atoms with E-state index in [2.05, 4.69) is 20.6 Å². The summed E-state index contributed by atoms with van der Waals surface area (Å²) in [6.07, 6.45) is 2.93. The second-order valence-electron chi connectivity index (χ2n) is 9.26. The number of carbonyl (C=O) groups is 2. The molecule has 4 aromatic rings. The van der Waals surface area contributed by atoms with E-state index in [1.165, 1.54) is 23.5 Å². The van der Waals surface area contributed by atoms with Crippen LogP contribution in [0, 0.1) is 6.92 Å². The number of thiazole rings is 1. The second-order valence-corrected chi connectivity index (χ2v) is 12.1. The van der Waals surface area contributed by atoms with Crippen LogP contribution in [0.25, 0.3) is 11.3 Å². The average Bonchev–Trinajstić information content (AvgIpc) is 3.29. The van der Waals surface area contributed by atoms with Gasteiger partial charge in [-0.15, -0.1) is 11.3 Å². The predicted octanol–water partition coefficient (Wildman–Crippen LogP) is 5.03. The summed E-state index contributed by atoms with van der Waals surface area (Å²) in [5.74, 6) is 0.237. The van der Waals surface area contributed by atoms with E-state index in [4.69, 9.17) is 4.74 Å². The molecule has 202 valence electrons. The molecule has 2 heterocycles. The lowest BCUT2D eigenvalue weighted by atomic mass is 10.0. The topological polar surface area (TPSA) is 127 Å². The van der Waals surface area contributed by atoms with Crippen LogP contribution >= 0.6 is 11.3 Å². The Balaban J connectivity index is 1.61. The van der Waals surface area contributed by atoms with Gasteiger partial charge in [0.15, 0.2) is 15.0 Å². The normalized spacial score (nSPS) is 11.3. The lowest BCUT2D eigenvalue weighted by molar-refractivity contribution is -0.120. The van der Waals surface area contributed by atoms with Gasteiger partial charge in [0.1, 0.15) is 11.5 Å². The number of nitrogens with one attached hydrogen (secondary N) is 2. The molecule has 0 atom stereocenters. The monoisotopic (exact) mass is 564 g/mol. The van der Waals surface area contributed by atoms with Gasteiger partial charge >= 0.3 is 0 Å². The molecule has 2 aromatic carbocycles. The zero-order valence-corrected chi connectivity index (χ0v) is 23.5. The zero-order chi connectivity index (χ0) is 28.2. The van der Waals surface area contributed by atoms with Gasteiger partial charge in [0, 0.05) is 35.0 Å². The second kappa shape index (κ2) is 11.7. The van der Waals surface area contributed by atoms with Gasteiger partial charge in [-0.05, 0) is 74.9 Å². The van der Waals surface area contributed by atoms with E-state index in [0.717, 1.165) is 11.8 Å². The molecular weight excluding hydrogens is 536 g/mol. The SMILES string of the molecule is Cc1cccnc1-c1cc(Oc2ccc(S(C)(=O)=O)cc2)cc(C(=O)Nc2nc(CC(=O)NC(C)C)cs2)c1. The summed E-state index contributed by atoms with van der Waals surface area (Å²) in [5, 5.41) is 7.71. The van der Waals surface area contributed by atoms with Gasteiger partial charge in [0.2, 0.25) is 5.91 Å². The lowest BCUT2D eigenvalue weighted by Gasteiger charge is -2.12. The van der Waals surface area contributed by atoms with E-state index < -0.39 is 15.7 Å². The summed E-state index contributed by atoms with van der Waals surface area (Å²) in [6, 6.07) is 14.9. The molecule has 0 aliphatic carbocycles. The van der Waals surface area contributed by atoms with Crippen molar-refractivity contribution >= 4 is 38.1 Å². The molecule has 39 heavy (non-hydrogen) atoms. The Morgan fingerprint density at radius 2 is 1.79 bits per heavy atom. The molecule has 0 spiro atoms. The number of ether oxygens (including phenoxy) is 1. The predicted molar refractivity (Wildman–Crippen MR) is 151 cm³/mol. The number of carbonyl (C=O) groups excluding carboxylic acids is 2. The summed E-state index contributed by atoms with van der Waals surface area (Å²) in [4.78, 5) is 34.3. The van der Waals surface area contributed by atoms with Gasteiger partial charge in [-0.1, -0.05) is 6.07 Å². The molecule has 0 saturated heterocycles. The van der Waals surface area contributed by atoms with Crippen molar-refractivity contribution in [2.24, 2.45) is 0 Å². The quantitative estimate of drug-likeness (QED) is 0.292. The van der Waals surface area contributed by atoms with Crippen LogP contribution in [-0.2, 0) is 21.1 Å². The van der Waals surface area contributed by atoms with Gasteiger partial charge in [-0.2, -0.15) is 0 Å². The standard InChI is InChI=1S/C28H28N4O5S2/c1-17(2)30-25(33)15-21-16-38-28(31-21)32-27(34)20-12-19(26-18(3)6-5-11-29-26)13-23(14-20)37-22-7-9-24(10-8-22)39(4,35)36/h5-14,16-17H,15H2,1-4H3,(H,30,33)(H,31,32,34). The molecule has 0 aliphatic heterocycles. The number of benzene rings is 2. The van der Waals surface area contributed by atoms with Gasteiger partial charge in [0.25, 0.3) is 5.91 Å². The maximum atomic E-state index is 13.3. The molecular formula is C28H28N4O5S2. The summed E-state index contributed by atoms with van der Waals surface area (Å²) in [7, 11) is -3.34. The molecule has 0 bridgehead atoms. The van der Waals surface area contributed by atoms with Crippen molar-refractivity contribution < 1.29 is 22.7 Å². The number of aromatic nitrogens is 2. The third-order valence-corrected chi connectivity index (χ3v) is 7.44. The van der Waals surface area contributed by atoms with E-state index in [-0.39, 0.29) is 23.3 Å². The first-order chi connectivity index (χ1) is 18.5. The average molecular weight is 565 g/mol. The number of amides is 2. The van der Waals surface area contributed by atoms with Gasteiger partial charge in [0.05, 0.1) is 22.7 Å². The van der Waals surface area contributed by atoms with Gasteiger partial charge in [-0.3, -0.25) is 19.9 Å². The number of nitrogens with zero attached hydrogens (tertiary/aromatic N) is 2. The van der Waals surface area contributed by atoms with Crippen LogP contribution in [-0.4, -0.2) is 42.5 Å². The highest BCUT2D eigenvalue weighted by Crippen LogP contribution is 2.31. The number of sulfone groups is 1. The smallest absolute Gasteiger partial charge is 0.257 e. The number of aryl methyl sites for hydroxylation is 1. The Labute approximate surface area is 231 Å². The van der Waals surface area contributed by atoms with Crippen molar-refractivity contribution in [1.82, 2.24) is 15.3 Å². The summed E-state index contributed by atoms with van der Waals surface area (Å²) < 4.78 is 29.6. The largest absolute Gasteiger partial charge is 0.457 e. The Hall–Kier alpha value is -4.09. The van der Waals surface area contributed by atoms with E-state index in [9.17, 15) is 18.0 Å². The number of pyridine rings is 1. The highest BCUT2D eigenvalue weighted by Gasteiger charge is 2.16. The van der Waals surface area contributed by atoms with Gasteiger partial charge in [-0.25, -0.2) is 13.4 Å². The van der Waals surface area contributed by atoms with Crippen LogP contribution in [0.2, 0.25) is 0 Å². The number of hydrogen-bond acceptors (Lipinski definition) is 8. The summed E-state index contributed by atoms with van der Waals surface area (Å²) in [6.45, 7) is 5.69. The van der Waals surface area contributed by atoms with Crippen LogP contribution in [0.3, 0.4) is 0 Å². The van der Waals surface area contributed by atoms with E-state index in [1.807, 2.05) is 32.9 Å². The fourth-order valence-electron chi connectivity index (χ4n) is 3.76. The molecule has 2 amide bonds. The summed E-state index contributed by atoms with van der Waals surface area (Å²) >= 11 is 1.23. The molecule has 2 N–H and O–H groups in total. The maximum Gasteiger partial charge on any atom is 0.257 e. The van der Waals surface area contributed by atoms with E-state index >= 15 is 0 Å². The molecule has 0 aliphatic rings. The van der Waals surface area contributed by atoms with Crippen molar-refractivity contribution in [3.8, 4) is 22.8 Å². The lowest BCUT2D eigenvalue weighted by Crippen LogP contribution is -2.31. The molecule has 0 unspecified atom stereocenters. The molecule has 0 saturated carbocycles. The van der Waals surface area contributed by atoms with E-state index in [0.29, 0.717) is 39.1 Å². The fraction of sp³-hybridized carbons (Fsp3) is 0.214. The van der Waals surface area contributed by atoms with Crippen LogP contribution in [0.15, 0.2) is 71.1 Å². The van der Waals surface area contributed by atoms with Crippen molar-refractivity contribution in [2.45, 2.75) is 38.1 Å². The Bertz CT molecular complexity index is 1610. The third-order valence-electron chi connectivity index (χ3n) is 5.50. The highest BCUT2D eigenvalue weighted by molar-refractivity contribution is 7.90. The molecule has 0 radical (unpaired) electrons. The fourth-order valence-corrected chi connectivity index (χ4v) is 5.09. The Morgan fingerprint density at radius 1 is 1.05 bits per heavy atom. The van der Waals surface area contributed by atoms with Crippen molar-refractivity contribution in [3.05, 3.63) is 83.0 Å². The first kappa shape index (κ1) is 27.9. The van der Waals surface area contributed by atoms with Gasteiger partial charge < -0.3 is 10.1 Å². The molecule has 0 fully saturated rings. The minimum atomic E-state index is -3.34. The minimum Gasteiger partial charge on any atom is -0.457 e. The Morgan fingerprint density at radius 3 is 2.46 bits per heavy atom. The molecule has 9 nitrogen and oxygen atoms in total. The zero-order valence-electron chi connectivity index (χ0n) is 21.9. The van der Waals surface area contributed by atoms with Crippen molar-refractivity contribution in [2.75, 3.05) is 11.6 Å². The van der Waals surface area contributed by atoms with Crippen LogP contribution < -0.4 is 15.4 Å². The van der Waals surface area contributed by atoms with Crippen LogP contribution in [0.4, 0.5) is 5.13 Å². The molecule has 4 rings (SSSR count). The van der Waals surface area contributed by atoms with Crippen LogP contribution in [0.1, 0.15) is 35.5 Å². The Kier molecular flexibility index (Phi) is 8.41. The molecule has 2 aromatic heterocycles. The van der Waals surface area contributed by atoms with E-state index in [1.54, 1.807) is 41.9 Å². The van der Waals surface area contributed by atoms with Crippen LogP contribution in [0.5, 0.6) is 11.5 Å². The third kappa shape index (κ3) is 7.49. The summed E-state index contributed by atoms with van der Waals surface area (Å²) in [5.41, 5.74) is 3.16.